The number of amides is 5. The lowest BCUT2D eigenvalue weighted by Crippen LogP contribution is -2.61. The van der Waals surface area contributed by atoms with E-state index in [1.807, 2.05) is 55.4 Å². The highest BCUT2D eigenvalue weighted by Crippen LogP contribution is 2.26. The third-order valence-corrected chi connectivity index (χ3v) is 12.5. The number of aliphatic hydroxyl groups is 1. The van der Waals surface area contributed by atoms with Gasteiger partial charge in [-0.15, -0.1) is 0 Å². The molecule has 5 N–H and O–H groups in total. The van der Waals surface area contributed by atoms with Crippen LogP contribution in [0.15, 0.2) is 24.3 Å². The van der Waals surface area contributed by atoms with Gasteiger partial charge in [0.1, 0.15) is 41.8 Å². The minimum Gasteiger partial charge on any atom is -0.497 e. The fourth-order valence-electron chi connectivity index (χ4n) is 8.46. The summed E-state index contributed by atoms with van der Waals surface area (Å²) in [4.78, 5) is 102. The minimum absolute atomic E-state index is 0.00315. The molecule has 2 saturated heterocycles. The Morgan fingerprint density at radius 3 is 2.14 bits per heavy atom. The second kappa shape index (κ2) is 24.5. The summed E-state index contributed by atoms with van der Waals surface area (Å²) < 4.78 is 11.4. The second-order valence-corrected chi connectivity index (χ2v) is 18.8. The van der Waals surface area contributed by atoms with Gasteiger partial charge in [-0.1, -0.05) is 73.9 Å². The van der Waals surface area contributed by atoms with Crippen LogP contribution in [0.1, 0.15) is 113 Å². The molecular formula is C47H76N6O10. The molecule has 0 bridgehead atoms. The Balaban J connectivity index is 2.21. The Hall–Kier alpha value is -4.57. The zero-order valence-corrected chi connectivity index (χ0v) is 39.7. The van der Waals surface area contributed by atoms with Crippen LogP contribution in [0.2, 0.25) is 0 Å². The Bertz CT molecular complexity index is 1720. The van der Waals surface area contributed by atoms with Gasteiger partial charge in [-0.3, -0.25) is 28.8 Å². The fourth-order valence-corrected chi connectivity index (χ4v) is 8.46. The standard InChI is InChI=1S/C47H76N6O10/c1-13-29(8)40-39(55)25-32(54)24-34(28(6)7)42(56)49-36(22-27(4)5)45(59)53-20-14-15-37(53)46(60)52(11)38(23-31-16-18-33(62-12)19-17-31)47(61)63-30(9)41(44(58)50-40)51-43(57)35(48-10)21-26(2)3/h16-19,26-30,34-41,48,55H,13-15,20-25H2,1-12H3,(H,49,56)(H,50,58)(H,51,57)/t29-,30+,34-,35?,36-,37-,38-,39-,40+,41-/m0/s1. The van der Waals surface area contributed by atoms with E-state index in [2.05, 4.69) is 21.3 Å². The number of nitrogens with one attached hydrogen (secondary N) is 4. The van der Waals surface area contributed by atoms with Gasteiger partial charge in [0.25, 0.3) is 0 Å². The van der Waals surface area contributed by atoms with E-state index in [4.69, 9.17) is 9.47 Å². The van der Waals surface area contributed by atoms with Crippen molar-refractivity contribution < 1.29 is 48.1 Å². The summed E-state index contributed by atoms with van der Waals surface area (Å²) in [7, 11) is 4.64. The number of rotatable bonds is 13. The van der Waals surface area contributed by atoms with Gasteiger partial charge in [0.05, 0.1) is 25.3 Å². The number of methoxy groups -OCH3 is 1. The quantitative estimate of drug-likeness (QED) is 0.182. The Morgan fingerprint density at radius 1 is 0.937 bits per heavy atom. The summed E-state index contributed by atoms with van der Waals surface area (Å²) in [5, 5.41) is 23.2. The van der Waals surface area contributed by atoms with Crippen LogP contribution >= 0.6 is 0 Å². The van der Waals surface area contributed by atoms with E-state index in [0.29, 0.717) is 37.0 Å². The fraction of sp³-hybridized carbons (Fsp3) is 0.723. The van der Waals surface area contributed by atoms with Crippen molar-refractivity contribution in [3.8, 4) is 5.75 Å². The molecule has 0 aliphatic carbocycles. The molecule has 0 spiro atoms. The van der Waals surface area contributed by atoms with Gasteiger partial charge in [0.15, 0.2) is 0 Å². The Labute approximate surface area is 374 Å². The van der Waals surface area contributed by atoms with Crippen molar-refractivity contribution in [1.82, 2.24) is 31.1 Å². The SMILES string of the molecule is CC[C@H](C)[C@H]1NC(=O)[C@@H](NC(=O)C(CC(C)C)NC)[C@@H](C)OC(=O)[C@H](Cc2ccc(OC)cc2)N(C)C(=O)[C@@H]2CCCN2C(=O)[C@H](CC(C)C)NC(=O)[C@H](C(C)C)CC(=O)C[C@@H]1O. The number of ether oxygens (including phenoxy) is 2. The van der Waals surface area contributed by atoms with Crippen molar-refractivity contribution in [3.63, 3.8) is 0 Å². The zero-order valence-electron chi connectivity index (χ0n) is 39.7. The van der Waals surface area contributed by atoms with Crippen LogP contribution in [0.4, 0.5) is 0 Å². The molecule has 16 heteroatoms. The average Bonchev–Trinajstić information content (AvgIpc) is 3.72. The number of hydrogen-bond acceptors (Lipinski definition) is 11. The lowest BCUT2D eigenvalue weighted by molar-refractivity contribution is -0.162. The van der Waals surface area contributed by atoms with E-state index in [-0.39, 0.29) is 55.9 Å². The molecule has 1 aromatic rings. The molecule has 2 aliphatic heterocycles. The lowest BCUT2D eigenvalue weighted by Gasteiger charge is -2.35. The number of likely N-dealkylation sites (N-methyl/N-ethyl adjacent to an activating group) is 2. The van der Waals surface area contributed by atoms with E-state index in [9.17, 15) is 38.7 Å². The third-order valence-electron chi connectivity index (χ3n) is 12.5. The number of esters is 1. The number of fused-ring (bicyclic) bond motifs is 1. The van der Waals surface area contributed by atoms with E-state index >= 15 is 0 Å². The number of nitrogens with zero attached hydrogens (tertiary/aromatic N) is 2. The van der Waals surface area contributed by atoms with Gasteiger partial charge >= 0.3 is 5.97 Å². The number of carbonyl (C=O) groups is 7. The molecule has 2 aliphatic rings. The highest BCUT2D eigenvalue weighted by atomic mass is 16.5. The Kier molecular flexibility index (Phi) is 20.5. The summed E-state index contributed by atoms with van der Waals surface area (Å²) in [6.07, 6.45) is -1.24. The first kappa shape index (κ1) is 52.8. The molecule has 0 aromatic heterocycles. The van der Waals surface area contributed by atoms with Crippen LogP contribution in [-0.4, -0.2) is 132 Å². The van der Waals surface area contributed by atoms with Crippen LogP contribution in [-0.2, 0) is 44.7 Å². The van der Waals surface area contributed by atoms with Gasteiger partial charge in [0.2, 0.25) is 29.5 Å². The number of benzene rings is 1. The molecule has 2 heterocycles. The van der Waals surface area contributed by atoms with Crippen molar-refractivity contribution in [2.75, 3.05) is 27.7 Å². The van der Waals surface area contributed by atoms with Crippen molar-refractivity contribution >= 4 is 41.3 Å². The van der Waals surface area contributed by atoms with Crippen LogP contribution in [0.5, 0.6) is 5.75 Å². The smallest absolute Gasteiger partial charge is 0.329 e. The van der Waals surface area contributed by atoms with Crippen molar-refractivity contribution in [2.24, 2.45) is 29.6 Å². The van der Waals surface area contributed by atoms with E-state index < -0.39 is 95.7 Å². The number of cyclic esters (lactones) is 1. The first-order chi connectivity index (χ1) is 29.6. The maximum Gasteiger partial charge on any atom is 0.329 e. The number of hydrogen-bond donors (Lipinski definition) is 5. The molecule has 0 radical (unpaired) electrons. The van der Waals surface area contributed by atoms with E-state index in [1.165, 1.54) is 30.9 Å². The number of carbonyl (C=O) groups excluding carboxylic acids is 7. The second-order valence-electron chi connectivity index (χ2n) is 18.8. The van der Waals surface area contributed by atoms with Gasteiger partial charge < -0.3 is 45.6 Å². The minimum atomic E-state index is -1.47. The van der Waals surface area contributed by atoms with Crippen molar-refractivity contribution in [1.29, 1.82) is 0 Å². The molecule has 5 amide bonds. The first-order valence-corrected chi connectivity index (χ1v) is 22.8. The lowest BCUT2D eigenvalue weighted by atomic mass is 9.85. The third kappa shape index (κ3) is 14.7. The average molecular weight is 885 g/mol. The maximum atomic E-state index is 14.6. The van der Waals surface area contributed by atoms with Crippen LogP contribution in [0.3, 0.4) is 0 Å². The van der Waals surface area contributed by atoms with Gasteiger partial charge in [-0.2, -0.15) is 0 Å². The van der Waals surface area contributed by atoms with Crippen LogP contribution in [0.25, 0.3) is 0 Å². The highest BCUT2D eigenvalue weighted by Gasteiger charge is 2.44. The molecule has 16 nitrogen and oxygen atoms in total. The normalized spacial score (nSPS) is 27.4. The van der Waals surface area contributed by atoms with Gasteiger partial charge in [0, 0.05) is 38.8 Å². The molecule has 1 unspecified atom stereocenters. The topological polar surface area (TPSA) is 213 Å². The molecule has 63 heavy (non-hydrogen) atoms. The first-order valence-electron chi connectivity index (χ1n) is 22.8. The van der Waals surface area contributed by atoms with Gasteiger partial charge in [-0.25, -0.2) is 4.79 Å². The summed E-state index contributed by atoms with van der Waals surface area (Å²) in [6.45, 7) is 16.8. The zero-order chi connectivity index (χ0) is 47.3. The summed E-state index contributed by atoms with van der Waals surface area (Å²) >= 11 is 0. The van der Waals surface area contributed by atoms with E-state index in [0.717, 1.165) is 0 Å². The van der Waals surface area contributed by atoms with Crippen LogP contribution < -0.4 is 26.0 Å². The maximum absolute atomic E-state index is 14.6. The molecule has 354 valence electrons. The predicted octanol–water partition coefficient (Wildman–Crippen LogP) is 3.16. The molecule has 10 atom stereocenters. The highest BCUT2D eigenvalue weighted by molar-refractivity contribution is 5.95. The molecule has 3 rings (SSSR count). The van der Waals surface area contributed by atoms with Crippen molar-refractivity contribution in [2.45, 2.75) is 162 Å². The number of ketones is 1. The largest absolute Gasteiger partial charge is 0.497 e. The van der Waals surface area contributed by atoms with Gasteiger partial charge in [-0.05, 0) is 81.0 Å². The Morgan fingerprint density at radius 2 is 1.59 bits per heavy atom. The van der Waals surface area contributed by atoms with Crippen LogP contribution in [0, 0.1) is 29.6 Å². The monoisotopic (exact) mass is 885 g/mol. The van der Waals surface area contributed by atoms with E-state index in [1.54, 1.807) is 31.3 Å². The number of Topliss-reactive ketones (excluding diaryl/α,β-unsaturated/α-hetero) is 1. The summed E-state index contributed by atoms with van der Waals surface area (Å²) in [5.74, 6) is -4.80. The molecule has 2 fully saturated rings. The number of aliphatic hydroxyl groups excluding tert-OH is 1. The summed E-state index contributed by atoms with van der Waals surface area (Å²) in [6, 6.07) is 0.642. The molecule has 1 aromatic carbocycles. The predicted molar refractivity (Wildman–Crippen MR) is 239 cm³/mol. The van der Waals surface area contributed by atoms with Crippen molar-refractivity contribution in [3.05, 3.63) is 29.8 Å². The molecule has 0 saturated carbocycles. The summed E-state index contributed by atoms with van der Waals surface area (Å²) in [5.41, 5.74) is 0.669. The molecular weight excluding hydrogens is 809 g/mol.